The quantitative estimate of drug-likeness (QED) is 0.727. The van der Waals surface area contributed by atoms with Crippen LogP contribution >= 0.6 is 0 Å². The molecule has 0 fully saturated rings. The molecule has 0 saturated heterocycles. The van der Waals surface area contributed by atoms with E-state index in [-0.39, 0.29) is 0 Å². The molecule has 1 atom stereocenters. The van der Waals surface area contributed by atoms with Crippen molar-refractivity contribution in [2.45, 2.75) is 13.3 Å². The van der Waals surface area contributed by atoms with Gasteiger partial charge in [-0.15, -0.1) is 0 Å². The van der Waals surface area contributed by atoms with E-state index in [1.807, 2.05) is 0 Å². The number of nitrogens with two attached hydrogens (primary N) is 1. The standard InChI is InChI=1S/C12H18F2N2/c1-9(7-15)8-16-5-4-10-2-3-11(13)12(14)6-10/h2-3,6,9,16H,4-5,7-8,15H2,1H3. The summed E-state index contributed by atoms with van der Waals surface area (Å²) in [6.07, 6.45) is 0.689. The Hall–Kier alpha value is -1.00. The maximum absolute atomic E-state index is 12.9. The molecule has 3 N–H and O–H groups in total. The molecule has 4 heteroatoms. The fourth-order valence-corrected chi connectivity index (χ4v) is 1.36. The van der Waals surface area contributed by atoms with Crippen molar-refractivity contribution < 1.29 is 8.78 Å². The summed E-state index contributed by atoms with van der Waals surface area (Å²) in [5, 5.41) is 3.22. The Bertz CT molecular complexity index is 329. The third-order valence-corrected chi connectivity index (χ3v) is 2.47. The maximum atomic E-state index is 12.9. The molecule has 2 nitrogen and oxygen atoms in total. The van der Waals surface area contributed by atoms with Crippen LogP contribution in [0.4, 0.5) is 8.78 Å². The van der Waals surface area contributed by atoms with E-state index in [2.05, 4.69) is 12.2 Å². The first-order chi connectivity index (χ1) is 7.63. The third-order valence-electron chi connectivity index (χ3n) is 2.47. The summed E-state index contributed by atoms with van der Waals surface area (Å²) >= 11 is 0. The predicted molar refractivity (Wildman–Crippen MR) is 61.2 cm³/mol. The Kier molecular flexibility index (Phi) is 5.35. The zero-order valence-electron chi connectivity index (χ0n) is 9.47. The molecule has 1 aromatic rings. The highest BCUT2D eigenvalue weighted by Gasteiger charge is 2.02. The molecule has 90 valence electrons. The van der Waals surface area contributed by atoms with Crippen molar-refractivity contribution in [1.29, 1.82) is 0 Å². The largest absolute Gasteiger partial charge is 0.330 e. The summed E-state index contributed by atoms with van der Waals surface area (Å²) in [5.41, 5.74) is 6.27. The number of hydrogen-bond donors (Lipinski definition) is 2. The molecule has 1 unspecified atom stereocenters. The van der Waals surface area contributed by atoms with E-state index in [9.17, 15) is 8.78 Å². The van der Waals surface area contributed by atoms with Crippen molar-refractivity contribution in [2.75, 3.05) is 19.6 Å². The zero-order chi connectivity index (χ0) is 12.0. The van der Waals surface area contributed by atoms with Crippen LogP contribution in [0.25, 0.3) is 0 Å². The van der Waals surface area contributed by atoms with Gasteiger partial charge in [-0.2, -0.15) is 0 Å². The first kappa shape index (κ1) is 13.1. The molecular formula is C12H18F2N2. The van der Waals surface area contributed by atoms with E-state index >= 15 is 0 Å². The van der Waals surface area contributed by atoms with Crippen LogP contribution in [0.2, 0.25) is 0 Å². The Balaban J connectivity index is 2.29. The Morgan fingerprint density at radius 3 is 2.69 bits per heavy atom. The summed E-state index contributed by atoms with van der Waals surface area (Å²) < 4.78 is 25.5. The van der Waals surface area contributed by atoms with Crippen molar-refractivity contribution in [3.63, 3.8) is 0 Å². The highest BCUT2D eigenvalue weighted by Crippen LogP contribution is 2.08. The minimum atomic E-state index is -0.798. The number of hydrogen-bond acceptors (Lipinski definition) is 2. The highest BCUT2D eigenvalue weighted by atomic mass is 19.2. The fraction of sp³-hybridized carbons (Fsp3) is 0.500. The third kappa shape index (κ3) is 4.24. The van der Waals surface area contributed by atoms with E-state index in [1.165, 1.54) is 6.07 Å². The fourth-order valence-electron chi connectivity index (χ4n) is 1.36. The van der Waals surface area contributed by atoms with Gasteiger partial charge in [-0.25, -0.2) is 8.78 Å². The van der Waals surface area contributed by atoms with Gasteiger partial charge in [0.2, 0.25) is 0 Å². The monoisotopic (exact) mass is 228 g/mol. The van der Waals surface area contributed by atoms with Crippen LogP contribution in [-0.2, 0) is 6.42 Å². The molecule has 0 aliphatic carbocycles. The van der Waals surface area contributed by atoms with Gasteiger partial charge >= 0.3 is 0 Å². The molecule has 1 rings (SSSR count). The van der Waals surface area contributed by atoms with Crippen molar-refractivity contribution in [1.82, 2.24) is 5.32 Å². The van der Waals surface area contributed by atoms with Crippen LogP contribution in [0.3, 0.4) is 0 Å². The van der Waals surface area contributed by atoms with Gasteiger partial charge in [-0.3, -0.25) is 0 Å². The minimum Gasteiger partial charge on any atom is -0.330 e. The lowest BCUT2D eigenvalue weighted by Crippen LogP contribution is -2.27. The van der Waals surface area contributed by atoms with E-state index < -0.39 is 11.6 Å². The summed E-state index contributed by atoms with van der Waals surface area (Å²) in [4.78, 5) is 0. The van der Waals surface area contributed by atoms with Crippen LogP contribution in [0.15, 0.2) is 18.2 Å². The van der Waals surface area contributed by atoms with Gasteiger partial charge in [-0.1, -0.05) is 13.0 Å². The van der Waals surface area contributed by atoms with Gasteiger partial charge < -0.3 is 11.1 Å². The van der Waals surface area contributed by atoms with Crippen LogP contribution in [0.5, 0.6) is 0 Å². The van der Waals surface area contributed by atoms with Gasteiger partial charge in [0.25, 0.3) is 0 Å². The van der Waals surface area contributed by atoms with Crippen LogP contribution < -0.4 is 11.1 Å². The summed E-state index contributed by atoms with van der Waals surface area (Å²) in [6, 6.07) is 4.00. The normalized spacial score (nSPS) is 12.8. The second-order valence-electron chi connectivity index (χ2n) is 4.04. The Morgan fingerprint density at radius 1 is 1.31 bits per heavy atom. The molecule has 0 amide bonds. The van der Waals surface area contributed by atoms with Crippen molar-refractivity contribution in [2.24, 2.45) is 11.7 Å². The van der Waals surface area contributed by atoms with Gasteiger partial charge in [0.1, 0.15) is 0 Å². The first-order valence-corrected chi connectivity index (χ1v) is 5.48. The minimum absolute atomic E-state index is 0.435. The zero-order valence-corrected chi connectivity index (χ0v) is 9.47. The van der Waals surface area contributed by atoms with Gasteiger partial charge in [0, 0.05) is 0 Å². The number of rotatable bonds is 6. The lowest BCUT2D eigenvalue weighted by atomic mass is 10.1. The van der Waals surface area contributed by atoms with Crippen LogP contribution in [-0.4, -0.2) is 19.6 Å². The molecule has 16 heavy (non-hydrogen) atoms. The predicted octanol–water partition coefficient (Wildman–Crippen LogP) is 1.69. The second-order valence-corrected chi connectivity index (χ2v) is 4.04. The van der Waals surface area contributed by atoms with E-state index in [1.54, 1.807) is 6.07 Å². The summed E-state index contributed by atoms with van der Waals surface area (Å²) in [6.45, 7) is 4.30. The average Bonchev–Trinajstić information content (AvgIpc) is 2.28. The van der Waals surface area contributed by atoms with E-state index in [0.717, 1.165) is 24.7 Å². The Morgan fingerprint density at radius 2 is 2.06 bits per heavy atom. The molecule has 0 saturated carbocycles. The molecule has 0 aliphatic rings. The summed E-state index contributed by atoms with van der Waals surface area (Å²) in [5.74, 6) is -1.15. The van der Waals surface area contributed by atoms with Crippen LogP contribution in [0, 0.1) is 17.6 Å². The summed E-state index contributed by atoms with van der Waals surface area (Å²) in [7, 11) is 0. The van der Waals surface area contributed by atoms with Crippen LogP contribution in [0.1, 0.15) is 12.5 Å². The molecule has 0 bridgehead atoms. The molecule has 0 radical (unpaired) electrons. The molecular weight excluding hydrogens is 210 g/mol. The van der Waals surface area contributed by atoms with E-state index in [0.29, 0.717) is 18.9 Å². The number of halogens is 2. The molecule has 0 aromatic heterocycles. The Labute approximate surface area is 94.8 Å². The molecule has 0 spiro atoms. The average molecular weight is 228 g/mol. The topological polar surface area (TPSA) is 38.0 Å². The first-order valence-electron chi connectivity index (χ1n) is 5.48. The lowest BCUT2D eigenvalue weighted by molar-refractivity contribution is 0.504. The van der Waals surface area contributed by atoms with Gasteiger partial charge in [0.05, 0.1) is 0 Å². The second kappa shape index (κ2) is 6.55. The lowest BCUT2D eigenvalue weighted by Gasteiger charge is -2.09. The van der Waals surface area contributed by atoms with Gasteiger partial charge in [0.15, 0.2) is 11.6 Å². The SMILES string of the molecule is CC(CN)CNCCc1ccc(F)c(F)c1. The highest BCUT2D eigenvalue weighted by molar-refractivity contribution is 5.17. The number of benzene rings is 1. The van der Waals surface area contributed by atoms with E-state index in [4.69, 9.17) is 5.73 Å². The smallest absolute Gasteiger partial charge is 0.159 e. The van der Waals surface area contributed by atoms with Crippen molar-refractivity contribution >= 4 is 0 Å². The maximum Gasteiger partial charge on any atom is 0.159 e. The molecule has 1 aromatic carbocycles. The molecule has 0 aliphatic heterocycles. The molecule has 0 heterocycles. The van der Waals surface area contributed by atoms with Crippen molar-refractivity contribution in [3.8, 4) is 0 Å². The van der Waals surface area contributed by atoms with Gasteiger partial charge in [-0.05, 0) is 49.7 Å². The number of nitrogens with one attached hydrogen (secondary N) is 1. The van der Waals surface area contributed by atoms with Crippen molar-refractivity contribution in [3.05, 3.63) is 35.4 Å².